The zero-order chi connectivity index (χ0) is 5.11. The van der Waals surface area contributed by atoms with E-state index in [0.29, 0.717) is 4.83 Å². The van der Waals surface area contributed by atoms with Crippen molar-refractivity contribution in [3.05, 3.63) is 12.2 Å². The Hall–Kier alpha value is 0.220. The van der Waals surface area contributed by atoms with Crippen LogP contribution in [-0.2, 0) is 0 Å². The third-order valence-electron chi connectivity index (χ3n) is 1.20. The van der Waals surface area contributed by atoms with E-state index in [-0.39, 0.29) is 0 Å². The van der Waals surface area contributed by atoms with Gasteiger partial charge >= 0.3 is 0 Å². The number of rotatable bonds is 0. The molecule has 0 bridgehead atoms. The van der Waals surface area contributed by atoms with Crippen LogP contribution in [0.4, 0.5) is 0 Å². The summed E-state index contributed by atoms with van der Waals surface area (Å²) in [6.45, 7) is 0. The normalized spacial score (nSPS) is 30.7. The zero-order valence-electron chi connectivity index (χ0n) is 4.23. The van der Waals surface area contributed by atoms with Crippen molar-refractivity contribution in [1.82, 2.24) is 0 Å². The van der Waals surface area contributed by atoms with Gasteiger partial charge in [0.15, 0.2) is 0 Å². The zero-order valence-corrected chi connectivity index (χ0v) is 5.82. The lowest BCUT2D eigenvalue weighted by atomic mass is 10.1. The summed E-state index contributed by atoms with van der Waals surface area (Å²) in [4.78, 5) is 0.668. The number of hydrogen-bond acceptors (Lipinski definition) is 0. The molecule has 1 aliphatic rings. The Labute approximate surface area is 52.7 Å². The second-order valence-corrected chi connectivity index (χ2v) is 3.05. The lowest BCUT2D eigenvalue weighted by molar-refractivity contribution is 0.747. The van der Waals surface area contributed by atoms with E-state index in [9.17, 15) is 0 Å². The molecular formula is C6H9Br. The first-order chi connectivity index (χ1) is 3.39. The average Bonchev–Trinajstić information content (AvgIpc) is 1.69. The van der Waals surface area contributed by atoms with Gasteiger partial charge in [-0.15, -0.1) is 0 Å². The maximum Gasteiger partial charge on any atom is 0.0325 e. The summed E-state index contributed by atoms with van der Waals surface area (Å²) in [7, 11) is 0. The molecule has 0 saturated carbocycles. The molecule has 0 fully saturated rings. The summed E-state index contributed by atoms with van der Waals surface area (Å²) in [6, 6.07) is 0. The molecule has 0 nitrogen and oxygen atoms in total. The van der Waals surface area contributed by atoms with E-state index >= 15 is 0 Å². The minimum Gasteiger partial charge on any atom is -0.0874 e. The maximum atomic E-state index is 3.50. The number of hydrogen-bond donors (Lipinski definition) is 0. The fourth-order valence-electron chi connectivity index (χ4n) is 0.771. The largest absolute Gasteiger partial charge is 0.0874 e. The molecule has 0 unspecified atom stereocenters. The summed E-state index contributed by atoms with van der Waals surface area (Å²) in [5.41, 5.74) is 0. The van der Waals surface area contributed by atoms with Gasteiger partial charge in [0.05, 0.1) is 0 Å². The first kappa shape index (κ1) is 5.36. The van der Waals surface area contributed by atoms with Crippen LogP contribution in [0, 0.1) is 0 Å². The van der Waals surface area contributed by atoms with Gasteiger partial charge < -0.3 is 0 Å². The molecule has 0 saturated heterocycles. The van der Waals surface area contributed by atoms with E-state index in [0.717, 1.165) is 0 Å². The van der Waals surface area contributed by atoms with Gasteiger partial charge in [-0.3, -0.25) is 0 Å². The fourth-order valence-corrected chi connectivity index (χ4v) is 1.31. The predicted octanol–water partition coefficient (Wildman–Crippen LogP) is 2.49. The van der Waals surface area contributed by atoms with Crippen molar-refractivity contribution in [3.63, 3.8) is 0 Å². The van der Waals surface area contributed by atoms with Gasteiger partial charge in [-0.25, -0.2) is 0 Å². The van der Waals surface area contributed by atoms with Crippen LogP contribution in [-0.4, -0.2) is 4.83 Å². The summed E-state index contributed by atoms with van der Waals surface area (Å²) in [6.07, 6.45) is 8.41. The molecule has 0 radical (unpaired) electrons. The monoisotopic (exact) mass is 160 g/mol. The maximum absolute atomic E-state index is 3.50. The molecule has 1 aliphatic carbocycles. The van der Waals surface area contributed by atoms with Gasteiger partial charge in [0.2, 0.25) is 0 Å². The van der Waals surface area contributed by atoms with Crippen LogP contribution in [0.3, 0.4) is 0 Å². The highest BCUT2D eigenvalue weighted by molar-refractivity contribution is 9.09. The number of allylic oxidation sites excluding steroid dienone is 2. The highest BCUT2D eigenvalue weighted by Gasteiger charge is 2.00. The Morgan fingerprint density at radius 1 is 1.57 bits per heavy atom. The van der Waals surface area contributed by atoms with Crippen LogP contribution >= 0.6 is 15.9 Å². The molecular weight excluding hydrogens is 152 g/mol. The third kappa shape index (κ3) is 1.64. The van der Waals surface area contributed by atoms with Gasteiger partial charge in [-0.1, -0.05) is 28.1 Å². The molecule has 0 aliphatic heterocycles. The molecule has 0 spiro atoms. The summed E-state index contributed by atoms with van der Waals surface area (Å²) in [5.74, 6) is 0. The van der Waals surface area contributed by atoms with Crippen molar-refractivity contribution < 1.29 is 0 Å². The molecule has 0 aromatic heterocycles. The van der Waals surface area contributed by atoms with Gasteiger partial charge in [0.1, 0.15) is 0 Å². The lowest BCUT2D eigenvalue weighted by Gasteiger charge is -2.06. The van der Waals surface area contributed by atoms with Crippen LogP contribution in [0.15, 0.2) is 12.2 Å². The quantitative estimate of drug-likeness (QED) is 0.378. The van der Waals surface area contributed by atoms with E-state index in [1.54, 1.807) is 0 Å². The van der Waals surface area contributed by atoms with Crippen molar-refractivity contribution in [2.45, 2.75) is 24.1 Å². The molecule has 7 heavy (non-hydrogen) atoms. The first-order valence-electron chi connectivity index (χ1n) is 2.70. The van der Waals surface area contributed by atoms with Crippen LogP contribution in [0.2, 0.25) is 0 Å². The Bertz CT molecular complexity index is 76.2. The van der Waals surface area contributed by atoms with Crippen molar-refractivity contribution in [2.24, 2.45) is 0 Å². The highest BCUT2D eigenvalue weighted by Crippen LogP contribution is 2.16. The third-order valence-corrected chi connectivity index (χ3v) is 1.96. The second-order valence-electron chi connectivity index (χ2n) is 1.88. The van der Waals surface area contributed by atoms with E-state index in [4.69, 9.17) is 0 Å². The smallest absolute Gasteiger partial charge is 0.0325 e. The number of halogens is 1. The molecule has 0 aromatic rings. The van der Waals surface area contributed by atoms with E-state index < -0.39 is 0 Å². The van der Waals surface area contributed by atoms with E-state index in [1.807, 2.05) is 0 Å². The minimum atomic E-state index is 0.668. The lowest BCUT2D eigenvalue weighted by Crippen LogP contribution is -1.95. The molecule has 0 heterocycles. The Balaban J connectivity index is 2.36. The standard InChI is InChI=1S/C6H9Br/c7-6-4-2-1-3-5-6/h2,4,6H,1,3,5H2/t6-/m0/s1. The summed E-state index contributed by atoms with van der Waals surface area (Å²) < 4.78 is 0. The van der Waals surface area contributed by atoms with Crippen molar-refractivity contribution in [3.8, 4) is 0 Å². The van der Waals surface area contributed by atoms with Crippen molar-refractivity contribution in [2.75, 3.05) is 0 Å². The van der Waals surface area contributed by atoms with Crippen LogP contribution < -0.4 is 0 Å². The van der Waals surface area contributed by atoms with E-state index in [2.05, 4.69) is 28.1 Å². The summed E-state index contributed by atoms with van der Waals surface area (Å²) >= 11 is 3.50. The van der Waals surface area contributed by atoms with Crippen molar-refractivity contribution >= 4 is 15.9 Å². The van der Waals surface area contributed by atoms with E-state index in [1.165, 1.54) is 19.3 Å². The number of alkyl halides is 1. The van der Waals surface area contributed by atoms with Gasteiger partial charge in [-0.05, 0) is 19.3 Å². The highest BCUT2D eigenvalue weighted by atomic mass is 79.9. The van der Waals surface area contributed by atoms with Gasteiger partial charge in [0, 0.05) is 4.83 Å². The van der Waals surface area contributed by atoms with Crippen molar-refractivity contribution in [1.29, 1.82) is 0 Å². The average molecular weight is 161 g/mol. The predicted molar refractivity (Wildman–Crippen MR) is 35.7 cm³/mol. The Morgan fingerprint density at radius 2 is 2.43 bits per heavy atom. The van der Waals surface area contributed by atoms with Gasteiger partial charge in [0.25, 0.3) is 0 Å². The topological polar surface area (TPSA) is 0 Å². The Kier molecular flexibility index (Phi) is 1.92. The first-order valence-corrected chi connectivity index (χ1v) is 3.62. The molecule has 40 valence electrons. The molecule has 0 N–H and O–H groups in total. The molecule has 0 amide bonds. The molecule has 1 rings (SSSR count). The van der Waals surface area contributed by atoms with Gasteiger partial charge in [-0.2, -0.15) is 0 Å². The molecule has 1 heteroatoms. The minimum absolute atomic E-state index is 0.668. The fraction of sp³-hybridized carbons (Fsp3) is 0.667. The molecule has 0 aromatic carbocycles. The second kappa shape index (κ2) is 2.51. The van der Waals surface area contributed by atoms with Crippen LogP contribution in [0.5, 0.6) is 0 Å². The van der Waals surface area contributed by atoms with Crippen LogP contribution in [0.25, 0.3) is 0 Å². The Morgan fingerprint density at radius 3 is 2.71 bits per heavy atom. The molecule has 1 atom stereocenters. The summed E-state index contributed by atoms with van der Waals surface area (Å²) in [5, 5.41) is 0. The van der Waals surface area contributed by atoms with Crippen LogP contribution in [0.1, 0.15) is 19.3 Å². The SMILES string of the molecule is Br[C@H]1C=CCCC1.